The molecule has 2 saturated heterocycles. The lowest BCUT2D eigenvalue weighted by molar-refractivity contribution is -0.186. The standard InChI is InChI=1S/C36H45F2N3O5/c1-23-17-30(44-5)27(25-11-15-41(31(23)25)33(43)46-34(2,3)4)20-40-16-12-35(21-36(37,38)22-35)19-29(40)26-10-9-24(32(42)45-6)18-28(26)39-13-7-8-14-39/h9-11,15,17-18,29H,7-8,12-14,16,19-22H2,1-6H3. The summed E-state index contributed by atoms with van der Waals surface area (Å²) >= 11 is 0. The van der Waals surface area contributed by atoms with E-state index in [1.807, 2.05) is 52.0 Å². The number of esters is 1. The molecular formula is C36H45F2N3O5. The van der Waals surface area contributed by atoms with Gasteiger partial charge < -0.3 is 19.1 Å². The summed E-state index contributed by atoms with van der Waals surface area (Å²) in [7, 11) is 3.02. The van der Waals surface area contributed by atoms with Crippen LogP contribution in [0.1, 0.15) is 92.4 Å². The predicted molar refractivity (Wildman–Crippen MR) is 173 cm³/mol. The molecule has 3 aliphatic rings. The zero-order valence-electron chi connectivity index (χ0n) is 27.8. The molecule has 0 amide bonds. The Kier molecular flexibility index (Phi) is 8.32. The van der Waals surface area contributed by atoms with Gasteiger partial charge in [0.05, 0.1) is 25.3 Å². The fourth-order valence-corrected chi connectivity index (χ4v) is 7.92. The van der Waals surface area contributed by atoms with Gasteiger partial charge in [0.15, 0.2) is 0 Å². The van der Waals surface area contributed by atoms with E-state index in [1.165, 1.54) is 7.11 Å². The quantitative estimate of drug-likeness (QED) is 0.255. The van der Waals surface area contributed by atoms with E-state index in [9.17, 15) is 18.4 Å². The smallest absolute Gasteiger partial charge is 0.419 e. The average Bonchev–Trinajstić information content (AvgIpc) is 3.68. The normalized spacial score (nSPS) is 21.0. The molecular weight excluding hydrogens is 592 g/mol. The predicted octanol–water partition coefficient (Wildman–Crippen LogP) is 7.88. The average molecular weight is 638 g/mol. The fourth-order valence-electron chi connectivity index (χ4n) is 7.92. The molecule has 2 aromatic carbocycles. The van der Waals surface area contributed by atoms with Gasteiger partial charge in [-0.25, -0.2) is 18.4 Å². The van der Waals surface area contributed by atoms with E-state index in [2.05, 4.69) is 9.80 Å². The number of alkyl halides is 2. The van der Waals surface area contributed by atoms with Crippen LogP contribution in [0, 0.1) is 12.3 Å². The molecule has 1 unspecified atom stereocenters. The molecule has 0 N–H and O–H groups in total. The lowest BCUT2D eigenvalue weighted by Gasteiger charge is -2.55. The van der Waals surface area contributed by atoms with Crippen molar-refractivity contribution in [1.82, 2.24) is 9.47 Å². The number of ether oxygens (including phenoxy) is 3. The van der Waals surface area contributed by atoms with Gasteiger partial charge in [-0.3, -0.25) is 9.47 Å². The van der Waals surface area contributed by atoms with Gasteiger partial charge in [-0.1, -0.05) is 6.07 Å². The third-order valence-electron chi connectivity index (χ3n) is 9.92. The Bertz CT molecular complexity index is 1650. The lowest BCUT2D eigenvalue weighted by atomic mass is 9.58. The van der Waals surface area contributed by atoms with Crippen LogP contribution in [0.25, 0.3) is 10.9 Å². The van der Waals surface area contributed by atoms with E-state index in [-0.39, 0.29) is 18.9 Å². The number of carbonyl (C=O) groups is 2. The molecule has 10 heteroatoms. The van der Waals surface area contributed by atoms with Gasteiger partial charge in [-0.2, -0.15) is 0 Å². The number of halogens is 2. The van der Waals surface area contributed by atoms with E-state index < -0.39 is 29.0 Å². The summed E-state index contributed by atoms with van der Waals surface area (Å²) in [6, 6.07) is 9.41. The van der Waals surface area contributed by atoms with Crippen LogP contribution in [0.5, 0.6) is 5.75 Å². The van der Waals surface area contributed by atoms with Crippen molar-refractivity contribution in [2.45, 2.75) is 90.3 Å². The SMILES string of the molecule is COC(=O)c1ccc(C2CC3(CCN2Cc2c(OC)cc(C)c4c2ccn4C(=O)OC(C)(C)C)CC(F)(F)C3)c(N2CCCC2)c1. The van der Waals surface area contributed by atoms with Crippen LogP contribution in [0.15, 0.2) is 36.5 Å². The van der Waals surface area contributed by atoms with Gasteiger partial charge in [-0.05, 0) is 101 Å². The van der Waals surface area contributed by atoms with Crippen molar-refractivity contribution in [1.29, 1.82) is 0 Å². The maximum absolute atomic E-state index is 14.4. The Balaban J connectivity index is 1.43. The summed E-state index contributed by atoms with van der Waals surface area (Å²) in [6.07, 6.45) is 4.48. The first-order valence-corrected chi connectivity index (χ1v) is 16.2. The number of aromatic nitrogens is 1. The van der Waals surface area contributed by atoms with E-state index in [0.717, 1.165) is 59.2 Å². The number of nitrogens with zero attached hydrogens (tertiary/aromatic N) is 3. The summed E-state index contributed by atoms with van der Waals surface area (Å²) in [5.41, 5.74) is 3.97. The number of rotatable bonds is 6. The van der Waals surface area contributed by atoms with Gasteiger partial charge in [0.2, 0.25) is 5.92 Å². The third-order valence-corrected chi connectivity index (χ3v) is 9.92. The topological polar surface area (TPSA) is 73.2 Å². The van der Waals surface area contributed by atoms with Crippen LogP contribution in [0.4, 0.5) is 19.3 Å². The zero-order chi connectivity index (χ0) is 33.0. The number of methoxy groups -OCH3 is 2. The molecule has 248 valence electrons. The second kappa shape index (κ2) is 11.9. The summed E-state index contributed by atoms with van der Waals surface area (Å²) < 4.78 is 47.0. The Morgan fingerprint density at radius 2 is 1.74 bits per heavy atom. The van der Waals surface area contributed by atoms with Crippen LogP contribution in [-0.2, 0) is 16.0 Å². The molecule has 1 atom stereocenters. The summed E-state index contributed by atoms with van der Waals surface area (Å²) in [5.74, 6) is -2.32. The molecule has 46 heavy (non-hydrogen) atoms. The van der Waals surface area contributed by atoms with Crippen LogP contribution in [-0.4, -0.2) is 66.9 Å². The number of carbonyl (C=O) groups excluding carboxylic acids is 2. The number of anilines is 1. The van der Waals surface area contributed by atoms with Crippen molar-refractivity contribution in [3.63, 3.8) is 0 Å². The highest BCUT2D eigenvalue weighted by Crippen LogP contribution is 2.61. The highest BCUT2D eigenvalue weighted by atomic mass is 19.3. The number of fused-ring (bicyclic) bond motifs is 1. The maximum atomic E-state index is 14.4. The van der Waals surface area contributed by atoms with E-state index in [0.29, 0.717) is 37.2 Å². The molecule has 1 spiro atoms. The van der Waals surface area contributed by atoms with Crippen LogP contribution >= 0.6 is 0 Å². The molecule has 0 bridgehead atoms. The Labute approximate surface area is 269 Å². The Hall–Kier alpha value is -3.66. The number of aryl methyl sites for hydroxylation is 1. The number of hydrogen-bond donors (Lipinski definition) is 0. The first-order valence-electron chi connectivity index (χ1n) is 16.2. The van der Waals surface area contributed by atoms with E-state index in [1.54, 1.807) is 23.9 Å². The molecule has 6 rings (SSSR count). The number of hydrogen-bond acceptors (Lipinski definition) is 7. The third kappa shape index (κ3) is 6.08. The molecule has 8 nitrogen and oxygen atoms in total. The van der Waals surface area contributed by atoms with Crippen LogP contribution < -0.4 is 9.64 Å². The molecule has 3 heterocycles. The maximum Gasteiger partial charge on any atom is 0.419 e. The van der Waals surface area contributed by atoms with Gasteiger partial charge in [-0.15, -0.1) is 0 Å². The minimum absolute atomic E-state index is 0.0968. The van der Waals surface area contributed by atoms with Crippen molar-refractivity contribution in [3.05, 3.63) is 58.8 Å². The highest BCUT2D eigenvalue weighted by Gasteiger charge is 2.58. The zero-order valence-corrected chi connectivity index (χ0v) is 27.8. The van der Waals surface area contributed by atoms with Crippen molar-refractivity contribution in [2.24, 2.45) is 5.41 Å². The number of likely N-dealkylation sites (tertiary alicyclic amines) is 1. The number of piperidine rings is 1. The van der Waals surface area contributed by atoms with Crippen molar-refractivity contribution < 1.29 is 32.6 Å². The van der Waals surface area contributed by atoms with Crippen molar-refractivity contribution >= 4 is 28.7 Å². The minimum atomic E-state index is -2.63. The van der Waals surface area contributed by atoms with E-state index >= 15 is 0 Å². The first kappa shape index (κ1) is 32.3. The van der Waals surface area contributed by atoms with Gasteiger partial charge in [0.25, 0.3) is 0 Å². The fraction of sp³-hybridized carbons (Fsp3) is 0.556. The van der Waals surface area contributed by atoms with E-state index in [4.69, 9.17) is 14.2 Å². The van der Waals surface area contributed by atoms with Crippen LogP contribution in [0.2, 0.25) is 0 Å². The summed E-state index contributed by atoms with van der Waals surface area (Å²) in [6.45, 7) is 10.3. The lowest BCUT2D eigenvalue weighted by Crippen LogP contribution is -2.53. The highest BCUT2D eigenvalue weighted by molar-refractivity contribution is 5.95. The van der Waals surface area contributed by atoms with Gasteiger partial charge in [0.1, 0.15) is 11.4 Å². The Morgan fingerprint density at radius 1 is 1.02 bits per heavy atom. The summed E-state index contributed by atoms with van der Waals surface area (Å²) in [5, 5.41) is 0.887. The number of benzene rings is 2. The monoisotopic (exact) mass is 637 g/mol. The molecule has 3 aromatic rings. The second-order valence-electron chi connectivity index (χ2n) is 14.4. The van der Waals surface area contributed by atoms with Crippen molar-refractivity contribution in [2.75, 3.05) is 38.8 Å². The Morgan fingerprint density at radius 3 is 2.37 bits per heavy atom. The minimum Gasteiger partial charge on any atom is -0.496 e. The second-order valence-corrected chi connectivity index (χ2v) is 14.4. The van der Waals surface area contributed by atoms with Gasteiger partial charge >= 0.3 is 12.1 Å². The molecule has 2 aliphatic heterocycles. The largest absolute Gasteiger partial charge is 0.496 e. The molecule has 1 saturated carbocycles. The summed E-state index contributed by atoms with van der Waals surface area (Å²) in [4.78, 5) is 30.4. The van der Waals surface area contributed by atoms with Gasteiger partial charge in [0, 0.05) is 61.4 Å². The molecule has 1 aliphatic carbocycles. The molecule has 1 aromatic heterocycles. The molecule has 3 fully saturated rings. The van der Waals surface area contributed by atoms with Crippen LogP contribution in [0.3, 0.4) is 0 Å². The first-order chi connectivity index (χ1) is 21.7. The van der Waals surface area contributed by atoms with Crippen molar-refractivity contribution in [3.8, 4) is 5.75 Å². The molecule has 0 radical (unpaired) electrons.